The molecule has 0 fully saturated rings. The van der Waals surface area contributed by atoms with Gasteiger partial charge in [-0.1, -0.05) is 6.58 Å². The third-order valence-corrected chi connectivity index (χ3v) is 1.06. The summed E-state index contributed by atoms with van der Waals surface area (Å²) < 4.78 is 0. The van der Waals surface area contributed by atoms with Crippen LogP contribution >= 0.6 is 0 Å². The van der Waals surface area contributed by atoms with E-state index in [1.165, 1.54) is 0 Å². The maximum Gasteiger partial charge on any atom is 0.185 e. The Morgan fingerprint density at radius 2 is 2.12 bits per heavy atom. The Morgan fingerprint density at radius 3 is 2.25 bits per heavy atom. The summed E-state index contributed by atoms with van der Waals surface area (Å²) in [4.78, 5) is 10.3. The van der Waals surface area contributed by atoms with Crippen LogP contribution in [0.3, 0.4) is 0 Å². The van der Waals surface area contributed by atoms with E-state index in [2.05, 4.69) is 6.58 Å². The van der Waals surface area contributed by atoms with Gasteiger partial charge in [-0.05, 0) is 5.47 Å². The lowest BCUT2D eigenvalue weighted by Crippen LogP contribution is -2.20. The molecular weight excluding hydrogens is 103 g/mol. The number of hydrogen-bond acceptors (Lipinski definition) is 2. The zero-order chi connectivity index (χ0) is 6.31. The van der Waals surface area contributed by atoms with Crippen molar-refractivity contribution in [1.82, 2.24) is 0 Å². The quantitative estimate of drug-likeness (QED) is 0.350. The van der Waals surface area contributed by atoms with Crippen LogP contribution in [0.5, 0.6) is 0 Å². The highest BCUT2D eigenvalue weighted by Gasteiger charge is 2.26. The Balaban J connectivity index is 3.08. The molecule has 8 heavy (non-hydrogen) atoms. The fourth-order valence-electron chi connectivity index (χ4n) is 0.478. The van der Waals surface area contributed by atoms with Gasteiger partial charge in [-0.25, -0.2) is 0 Å². The predicted molar refractivity (Wildman–Crippen MR) is 29.6 cm³/mol. The SMILES string of the molecule is [B]C1=C(O)C(=C)C1=O. The molecule has 0 bridgehead atoms. The lowest BCUT2D eigenvalue weighted by molar-refractivity contribution is -0.113. The van der Waals surface area contributed by atoms with E-state index in [0.717, 1.165) is 0 Å². The molecule has 38 valence electrons. The van der Waals surface area contributed by atoms with Gasteiger partial charge in [0.2, 0.25) is 0 Å². The highest BCUT2D eigenvalue weighted by Crippen LogP contribution is 2.22. The number of allylic oxidation sites excluding steroid dienone is 2. The molecule has 0 amide bonds. The summed E-state index contributed by atoms with van der Waals surface area (Å²) in [5.41, 5.74) is 0.0394. The number of hydrogen-bond donors (Lipinski definition) is 1. The Hall–Kier alpha value is -0.985. The van der Waals surface area contributed by atoms with Crippen molar-refractivity contribution in [3.8, 4) is 0 Å². The van der Waals surface area contributed by atoms with Crippen LogP contribution in [0.4, 0.5) is 0 Å². The van der Waals surface area contributed by atoms with Gasteiger partial charge in [-0.2, -0.15) is 0 Å². The monoisotopic (exact) mass is 106 g/mol. The van der Waals surface area contributed by atoms with Gasteiger partial charge < -0.3 is 5.11 Å². The molecular formula is C5H3BO2. The van der Waals surface area contributed by atoms with Gasteiger partial charge in [0.15, 0.2) is 5.78 Å². The van der Waals surface area contributed by atoms with Crippen LogP contribution in [0.25, 0.3) is 0 Å². The smallest absolute Gasteiger partial charge is 0.185 e. The lowest BCUT2D eigenvalue weighted by atomic mass is 9.77. The fourth-order valence-corrected chi connectivity index (χ4v) is 0.478. The molecule has 0 atom stereocenters. The summed E-state index contributed by atoms with van der Waals surface area (Å²) in [6.07, 6.45) is 0. The molecule has 3 heteroatoms. The van der Waals surface area contributed by atoms with Gasteiger partial charge in [0, 0.05) is 0 Å². The van der Waals surface area contributed by atoms with Crippen molar-refractivity contribution in [1.29, 1.82) is 0 Å². The van der Waals surface area contributed by atoms with Gasteiger partial charge in [0.05, 0.1) is 5.57 Å². The lowest BCUT2D eigenvalue weighted by Gasteiger charge is -2.15. The predicted octanol–water partition coefficient (Wildman–Crippen LogP) is 0.0634. The van der Waals surface area contributed by atoms with Crippen molar-refractivity contribution in [3.63, 3.8) is 0 Å². The number of aliphatic hydroxyl groups is 1. The normalized spacial score (nSPS) is 19.0. The molecule has 1 N–H and O–H groups in total. The van der Waals surface area contributed by atoms with E-state index >= 15 is 0 Å². The van der Waals surface area contributed by atoms with E-state index in [9.17, 15) is 4.79 Å². The van der Waals surface area contributed by atoms with E-state index in [-0.39, 0.29) is 22.6 Å². The molecule has 1 aliphatic rings. The molecule has 1 rings (SSSR count). The van der Waals surface area contributed by atoms with E-state index in [1.54, 1.807) is 0 Å². The number of rotatable bonds is 0. The van der Waals surface area contributed by atoms with Gasteiger partial charge in [-0.3, -0.25) is 4.79 Å². The number of carbonyl (C=O) groups excluding carboxylic acids is 1. The number of aliphatic hydroxyl groups excluding tert-OH is 1. The molecule has 0 saturated carbocycles. The first-order valence-electron chi connectivity index (χ1n) is 2.07. The van der Waals surface area contributed by atoms with Crippen molar-refractivity contribution < 1.29 is 9.90 Å². The standard InChI is InChI=1S/C5H3BO2/c1-2-4(7)3(6)5(2)8/h7H,1H2. The molecule has 0 heterocycles. The first-order valence-corrected chi connectivity index (χ1v) is 2.07. The third kappa shape index (κ3) is 0.359. The van der Waals surface area contributed by atoms with Crippen molar-refractivity contribution in [2.75, 3.05) is 0 Å². The molecule has 2 radical (unpaired) electrons. The summed E-state index contributed by atoms with van der Waals surface area (Å²) in [6.45, 7) is 3.24. The zero-order valence-corrected chi connectivity index (χ0v) is 4.14. The zero-order valence-electron chi connectivity index (χ0n) is 4.14. The Labute approximate surface area is 47.9 Å². The molecule has 0 aromatic heterocycles. The van der Waals surface area contributed by atoms with Crippen LogP contribution in [-0.4, -0.2) is 18.7 Å². The van der Waals surface area contributed by atoms with Crippen LogP contribution < -0.4 is 0 Å². The highest BCUT2D eigenvalue weighted by molar-refractivity contribution is 6.45. The van der Waals surface area contributed by atoms with Crippen molar-refractivity contribution in [2.45, 2.75) is 0 Å². The largest absolute Gasteiger partial charge is 0.508 e. The van der Waals surface area contributed by atoms with Gasteiger partial charge in [0.25, 0.3) is 0 Å². The van der Waals surface area contributed by atoms with Crippen molar-refractivity contribution in [2.24, 2.45) is 0 Å². The van der Waals surface area contributed by atoms with E-state index in [1.807, 2.05) is 0 Å². The van der Waals surface area contributed by atoms with E-state index < -0.39 is 0 Å². The summed E-state index contributed by atoms with van der Waals surface area (Å²) >= 11 is 0. The van der Waals surface area contributed by atoms with Crippen LogP contribution in [-0.2, 0) is 4.79 Å². The number of carbonyl (C=O) groups is 1. The van der Waals surface area contributed by atoms with Gasteiger partial charge in [0.1, 0.15) is 13.6 Å². The van der Waals surface area contributed by atoms with Gasteiger partial charge in [-0.15, -0.1) is 0 Å². The summed E-state index contributed by atoms with van der Waals surface area (Å²) in [6, 6.07) is 0. The number of Topliss-reactive ketones (excluding diaryl/α,β-unsaturated/α-hetero) is 1. The molecule has 0 aromatic carbocycles. The Kier molecular flexibility index (Phi) is 0.804. The third-order valence-electron chi connectivity index (χ3n) is 1.06. The minimum atomic E-state index is -0.345. The maximum atomic E-state index is 10.3. The molecule has 0 unspecified atom stereocenters. The van der Waals surface area contributed by atoms with Crippen LogP contribution in [0, 0.1) is 0 Å². The average Bonchev–Trinajstić information content (AvgIpc) is 1.83. The topological polar surface area (TPSA) is 37.3 Å². The molecule has 0 aromatic rings. The second-order valence-corrected chi connectivity index (χ2v) is 1.57. The van der Waals surface area contributed by atoms with Crippen LogP contribution in [0.2, 0.25) is 0 Å². The highest BCUT2D eigenvalue weighted by atomic mass is 16.3. The molecule has 2 nitrogen and oxygen atoms in total. The summed E-state index contributed by atoms with van der Waals surface area (Å²) in [5, 5.41) is 8.59. The minimum absolute atomic E-state index is 0.0741. The van der Waals surface area contributed by atoms with E-state index in [0.29, 0.717) is 0 Å². The molecule has 0 spiro atoms. The van der Waals surface area contributed by atoms with Crippen LogP contribution in [0.15, 0.2) is 23.4 Å². The second kappa shape index (κ2) is 1.25. The maximum absolute atomic E-state index is 10.3. The minimum Gasteiger partial charge on any atom is -0.508 e. The second-order valence-electron chi connectivity index (χ2n) is 1.57. The van der Waals surface area contributed by atoms with Crippen molar-refractivity contribution >= 4 is 13.6 Å². The fraction of sp³-hybridized carbons (Fsp3) is 0. The first kappa shape index (κ1) is 5.16. The number of ketones is 1. The average molecular weight is 106 g/mol. The molecule has 1 aliphatic carbocycles. The Morgan fingerprint density at radius 1 is 1.62 bits per heavy atom. The summed E-state index contributed by atoms with van der Waals surface area (Å²) in [5.74, 6) is -0.502. The van der Waals surface area contributed by atoms with Crippen molar-refractivity contribution in [3.05, 3.63) is 23.4 Å². The Bertz CT molecular complexity index is 180. The first-order chi connectivity index (χ1) is 3.64. The van der Waals surface area contributed by atoms with Crippen LogP contribution in [0.1, 0.15) is 0 Å². The van der Waals surface area contributed by atoms with Gasteiger partial charge >= 0.3 is 0 Å². The summed E-state index contributed by atoms with van der Waals surface area (Å²) in [7, 11) is 4.98. The van der Waals surface area contributed by atoms with E-state index in [4.69, 9.17) is 13.0 Å². The molecule has 0 saturated heterocycles. The molecule has 0 aliphatic heterocycles.